The van der Waals surface area contributed by atoms with Crippen molar-refractivity contribution >= 4 is 27.6 Å². The summed E-state index contributed by atoms with van der Waals surface area (Å²) in [5, 5.41) is 10.6. The predicted molar refractivity (Wildman–Crippen MR) is 111 cm³/mol. The number of carbonyl (C=O) groups is 2. The fraction of sp³-hybridized carbons (Fsp3) is 0.130. The van der Waals surface area contributed by atoms with Crippen LogP contribution in [-0.4, -0.2) is 28.2 Å². The van der Waals surface area contributed by atoms with E-state index < -0.39 is 23.5 Å². The van der Waals surface area contributed by atoms with E-state index in [9.17, 15) is 14.7 Å². The van der Waals surface area contributed by atoms with E-state index in [1.165, 1.54) is 12.3 Å². The zero-order valence-electron chi connectivity index (χ0n) is 15.4. The van der Waals surface area contributed by atoms with Crippen LogP contribution < -0.4 is 0 Å². The lowest BCUT2D eigenvalue weighted by molar-refractivity contribution is -0.129. The zero-order valence-corrected chi connectivity index (χ0v) is 17.0. The Kier molecular flexibility index (Phi) is 5.36. The number of rotatable bonds is 6. The minimum Gasteiger partial charge on any atom is -0.503 e. The molecule has 5 nitrogen and oxygen atoms in total. The van der Waals surface area contributed by atoms with Crippen LogP contribution >= 0.6 is 15.9 Å². The van der Waals surface area contributed by atoms with Crippen LogP contribution in [-0.2, 0) is 11.2 Å². The van der Waals surface area contributed by atoms with Gasteiger partial charge in [-0.1, -0.05) is 58.4 Å². The maximum Gasteiger partial charge on any atom is 0.290 e. The summed E-state index contributed by atoms with van der Waals surface area (Å²) in [6, 6.07) is 19.6. The highest BCUT2D eigenvalue weighted by Gasteiger charge is 2.44. The molecule has 0 bridgehead atoms. The second-order valence-corrected chi connectivity index (χ2v) is 7.67. The molecule has 1 amide bonds. The van der Waals surface area contributed by atoms with E-state index in [1.807, 2.05) is 54.6 Å². The van der Waals surface area contributed by atoms with Crippen LogP contribution in [0.25, 0.3) is 0 Å². The second kappa shape index (κ2) is 8.09. The van der Waals surface area contributed by atoms with Crippen molar-refractivity contribution < 1.29 is 19.1 Å². The summed E-state index contributed by atoms with van der Waals surface area (Å²) in [7, 11) is 0. The fourth-order valence-electron chi connectivity index (χ4n) is 3.54. The van der Waals surface area contributed by atoms with Crippen molar-refractivity contribution in [3.8, 4) is 0 Å². The molecule has 0 saturated carbocycles. The Hall–Kier alpha value is -3.12. The molecule has 1 aliphatic heterocycles. The number of halogens is 1. The van der Waals surface area contributed by atoms with Crippen molar-refractivity contribution in [2.24, 2.45) is 0 Å². The minimum absolute atomic E-state index is 0.0420. The monoisotopic (exact) mass is 451 g/mol. The average molecular weight is 452 g/mol. The van der Waals surface area contributed by atoms with Gasteiger partial charge in [-0.05, 0) is 41.8 Å². The van der Waals surface area contributed by atoms with Gasteiger partial charge in [0.1, 0.15) is 0 Å². The van der Waals surface area contributed by atoms with E-state index >= 15 is 0 Å². The largest absolute Gasteiger partial charge is 0.503 e. The van der Waals surface area contributed by atoms with Gasteiger partial charge in [0.05, 0.1) is 17.9 Å². The molecule has 0 spiro atoms. The third kappa shape index (κ3) is 3.76. The molecular weight excluding hydrogens is 434 g/mol. The van der Waals surface area contributed by atoms with Gasteiger partial charge in [0, 0.05) is 11.0 Å². The summed E-state index contributed by atoms with van der Waals surface area (Å²) in [6.07, 6.45) is 2.00. The highest BCUT2D eigenvalue weighted by atomic mass is 79.9. The maximum atomic E-state index is 13.0. The van der Waals surface area contributed by atoms with E-state index in [1.54, 1.807) is 11.0 Å². The lowest BCUT2D eigenvalue weighted by Crippen LogP contribution is -2.33. The number of carbonyl (C=O) groups excluding carboxylic acids is 2. The highest BCUT2D eigenvalue weighted by Crippen LogP contribution is 2.39. The molecule has 0 aliphatic carbocycles. The standard InChI is InChI=1S/C23H18BrNO4/c24-17-10-8-16(9-11-17)20-19(21(26)18-7-4-14-29-18)22(27)23(28)25(20)13-12-15-5-2-1-3-6-15/h1-11,14,20,27H,12-13H2. The molecule has 0 saturated heterocycles. The SMILES string of the molecule is O=C(C1=C(O)C(=O)N(CCc2ccccc2)C1c1ccc(Br)cc1)c1ccco1. The number of amides is 1. The van der Waals surface area contributed by atoms with Gasteiger partial charge >= 0.3 is 0 Å². The fourth-order valence-corrected chi connectivity index (χ4v) is 3.81. The molecule has 1 N–H and O–H groups in total. The number of hydrogen-bond acceptors (Lipinski definition) is 4. The van der Waals surface area contributed by atoms with E-state index in [2.05, 4.69) is 15.9 Å². The molecule has 0 radical (unpaired) electrons. The molecule has 6 heteroatoms. The lowest BCUT2D eigenvalue weighted by Gasteiger charge is -2.26. The summed E-state index contributed by atoms with van der Waals surface area (Å²) >= 11 is 3.41. The molecule has 2 aromatic carbocycles. The molecule has 2 heterocycles. The van der Waals surface area contributed by atoms with Crippen LogP contribution in [0.15, 0.2) is 93.2 Å². The smallest absolute Gasteiger partial charge is 0.290 e. The first-order valence-corrected chi connectivity index (χ1v) is 9.97. The summed E-state index contributed by atoms with van der Waals surface area (Å²) in [6.45, 7) is 0.364. The van der Waals surface area contributed by atoms with Crippen LogP contribution in [0.5, 0.6) is 0 Å². The first-order chi connectivity index (χ1) is 14.1. The Morgan fingerprint density at radius 2 is 1.76 bits per heavy atom. The average Bonchev–Trinajstić information content (AvgIpc) is 3.36. The third-order valence-corrected chi connectivity index (χ3v) is 5.49. The predicted octanol–water partition coefficient (Wildman–Crippen LogP) is 4.86. The van der Waals surface area contributed by atoms with Crippen molar-refractivity contribution in [3.05, 3.63) is 106 Å². The number of nitrogens with zero attached hydrogens (tertiary/aromatic N) is 1. The molecule has 146 valence electrons. The van der Waals surface area contributed by atoms with Crippen LogP contribution in [0.4, 0.5) is 0 Å². The topological polar surface area (TPSA) is 70.8 Å². The first kappa shape index (κ1) is 19.2. The lowest BCUT2D eigenvalue weighted by atomic mass is 9.95. The molecule has 4 rings (SSSR count). The molecular formula is C23H18BrNO4. The Labute approximate surface area is 176 Å². The van der Waals surface area contributed by atoms with Gasteiger partial charge in [-0.25, -0.2) is 0 Å². The van der Waals surface area contributed by atoms with Crippen LogP contribution in [0, 0.1) is 0 Å². The quantitative estimate of drug-likeness (QED) is 0.543. The van der Waals surface area contributed by atoms with Gasteiger partial charge in [0.25, 0.3) is 5.91 Å². The number of ketones is 1. The van der Waals surface area contributed by atoms with E-state index in [4.69, 9.17) is 4.42 Å². The molecule has 1 aromatic heterocycles. The van der Waals surface area contributed by atoms with Gasteiger partial charge in [-0.15, -0.1) is 0 Å². The van der Waals surface area contributed by atoms with Gasteiger partial charge in [0.2, 0.25) is 5.78 Å². The van der Waals surface area contributed by atoms with E-state index in [-0.39, 0.29) is 11.3 Å². The number of aliphatic hydroxyl groups is 1. The number of benzene rings is 2. The minimum atomic E-state index is -0.683. The number of hydrogen-bond donors (Lipinski definition) is 1. The van der Waals surface area contributed by atoms with Crippen molar-refractivity contribution in [2.75, 3.05) is 6.54 Å². The van der Waals surface area contributed by atoms with Crippen molar-refractivity contribution in [3.63, 3.8) is 0 Å². The second-order valence-electron chi connectivity index (χ2n) is 6.76. The highest BCUT2D eigenvalue weighted by molar-refractivity contribution is 9.10. The Balaban J connectivity index is 1.71. The van der Waals surface area contributed by atoms with Crippen molar-refractivity contribution in [1.29, 1.82) is 0 Å². The van der Waals surface area contributed by atoms with Crippen molar-refractivity contribution in [1.82, 2.24) is 4.90 Å². The van der Waals surface area contributed by atoms with Gasteiger partial charge in [-0.2, -0.15) is 0 Å². The molecule has 1 unspecified atom stereocenters. The summed E-state index contributed by atoms with van der Waals surface area (Å²) < 4.78 is 6.11. The number of aliphatic hydroxyl groups excluding tert-OH is 1. The summed E-state index contributed by atoms with van der Waals surface area (Å²) in [5.41, 5.74) is 1.86. The Bertz CT molecular complexity index is 1060. The Morgan fingerprint density at radius 3 is 2.41 bits per heavy atom. The zero-order chi connectivity index (χ0) is 20.4. The first-order valence-electron chi connectivity index (χ1n) is 9.18. The van der Waals surface area contributed by atoms with Gasteiger partial charge < -0.3 is 14.4 Å². The maximum absolute atomic E-state index is 13.0. The molecule has 1 atom stereocenters. The molecule has 29 heavy (non-hydrogen) atoms. The van der Waals surface area contributed by atoms with Crippen LogP contribution in [0.1, 0.15) is 27.7 Å². The van der Waals surface area contributed by atoms with E-state index in [0.717, 1.165) is 15.6 Å². The molecule has 1 aliphatic rings. The number of Topliss-reactive ketones (excluding diaryl/α,β-unsaturated/α-hetero) is 1. The molecule has 0 fully saturated rings. The van der Waals surface area contributed by atoms with Crippen LogP contribution in [0.2, 0.25) is 0 Å². The van der Waals surface area contributed by atoms with E-state index in [0.29, 0.717) is 13.0 Å². The molecule has 3 aromatic rings. The van der Waals surface area contributed by atoms with Crippen molar-refractivity contribution in [2.45, 2.75) is 12.5 Å². The number of furan rings is 1. The van der Waals surface area contributed by atoms with Gasteiger partial charge in [0.15, 0.2) is 11.5 Å². The third-order valence-electron chi connectivity index (χ3n) is 4.96. The van der Waals surface area contributed by atoms with Gasteiger partial charge in [-0.3, -0.25) is 9.59 Å². The summed E-state index contributed by atoms with van der Waals surface area (Å²) in [5.74, 6) is -1.47. The van der Waals surface area contributed by atoms with Crippen LogP contribution in [0.3, 0.4) is 0 Å². The normalized spacial score (nSPS) is 16.5. The Morgan fingerprint density at radius 1 is 1.03 bits per heavy atom. The summed E-state index contributed by atoms with van der Waals surface area (Å²) in [4.78, 5) is 27.5.